The van der Waals surface area contributed by atoms with Gasteiger partial charge < -0.3 is 9.47 Å². The molecule has 0 aromatic heterocycles. The summed E-state index contributed by atoms with van der Waals surface area (Å²) in [7, 11) is -0.00138. The summed E-state index contributed by atoms with van der Waals surface area (Å²) in [4.78, 5) is 2.57. The van der Waals surface area contributed by atoms with Crippen molar-refractivity contribution in [1.29, 1.82) is 0 Å². The Kier molecular flexibility index (Phi) is 4.15. The molecular formula is C24H24BNO. The lowest BCUT2D eigenvalue weighted by Crippen LogP contribution is -2.45. The first-order valence-corrected chi connectivity index (χ1v) is 9.90. The maximum absolute atomic E-state index is 7.04. The molecule has 0 N–H and O–H groups in total. The fourth-order valence-electron chi connectivity index (χ4n) is 4.88. The van der Waals surface area contributed by atoms with Crippen LogP contribution in [0.4, 0.5) is 0 Å². The van der Waals surface area contributed by atoms with E-state index in [-0.39, 0.29) is 7.05 Å². The van der Waals surface area contributed by atoms with E-state index in [1.54, 1.807) is 0 Å². The van der Waals surface area contributed by atoms with Gasteiger partial charge in [0.25, 0.3) is 0 Å². The summed E-state index contributed by atoms with van der Waals surface area (Å²) in [5.74, 6) is 0. The molecule has 2 saturated heterocycles. The fourth-order valence-corrected chi connectivity index (χ4v) is 4.88. The van der Waals surface area contributed by atoms with E-state index in [1.165, 1.54) is 28.6 Å². The summed E-state index contributed by atoms with van der Waals surface area (Å²) in [5.41, 5.74) is 4.62. The first kappa shape index (κ1) is 16.8. The molecule has 27 heavy (non-hydrogen) atoms. The van der Waals surface area contributed by atoms with Gasteiger partial charge in [-0.1, -0.05) is 90.5 Å². The highest BCUT2D eigenvalue weighted by Gasteiger charge is 2.58. The van der Waals surface area contributed by atoms with E-state index < -0.39 is 5.60 Å². The minimum absolute atomic E-state index is 0.00138. The molecule has 0 aliphatic carbocycles. The van der Waals surface area contributed by atoms with Gasteiger partial charge in [-0.15, -0.1) is 0 Å². The molecule has 0 amide bonds. The van der Waals surface area contributed by atoms with Crippen molar-refractivity contribution < 1.29 is 4.65 Å². The molecule has 0 spiro atoms. The van der Waals surface area contributed by atoms with Gasteiger partial charge in [0.15, 0.2) is 0 Å². The molecular weight excluding hydrogens is 329 g/mol. The SMILES string of the molecule is Cc1ccc(B2OC(c3ccccc3)(c3ccccc3)[C@@H]3CCCN23)cc1. The highest BCUT2D eigenvalue weighted by Crippen LogP contribution is 2.48. The second-order valence-electron chi connectivity index (χ2n) is 7.74. The number of rotatable bonds is 3. The quantitative estimate of drug-likeness (QED) is 0.657. The summed E-state index contributed by atoms with van der Waals surface area (Å²) in [6.07, 6.45) is 2.38. The van der Waals surface area contributed by atoms with Crippen molar-refractivity contribution >= 4 is 12.5 Å². The lowest BCUT2D eigenvalue weighted by Gasteiger charge is -2.36. The molecule has 0 saturated carbocycles. The average molecular weight is 353 g/mol. The van der Waals surface area contributed by atoms with Crippen LogP contribution >= 0.6 is 0 Å². The molecule has 134 valence electrons. The summed E-state index contributed by atoms with van der Waals surface area (Å²) in [6, 6.07) is 30.8. The van der Waals surface area contributed by atoms with Crippen molar-refractivity contribution in [2.75, 3.05) is 6.54 Å². The largest absolute Gasteiger partial charge is 0.419 e. The lowest BCUT2D eigenvalue weighted by atomic mass is 9.72. The molecule has 2 aliphatic heterocycles. The second-order valence-corrected chi connectivity index (χ2v) is 7.74. The van der Waals surface area contributed by atoms with Gasteiger partial charge >= 0.3 is 7.05 Å². The first-order chi connectivity index (χ1) is 13.3. The smallest absolute Gasteiger partial charge is 0.402 e. The van der Waals surface area contributed by atoms with Crippen molar-refractivity contribution in [2.24, 2.45) is 0 Å². The van der Waals surface area contributed by atoms with Crippen LogP contribution < -0.4 is 5.46 Å². The average Bonchev–Trinajstić information content (AvgIpc) is 3.32. The van der Waals surface area contributed by atoms with Crippen molar-refractivity contribution in [1.82, 2.24) is 4.81 Å². The second kappa shape index (κ2) is 6.67. The van der Waals surface area contributed by atoms with E-state index >= 15 is 0 Å². The molecule has 2 nitrogen and oxygen atoms in total. The summed E-state index contributed by atoms with van der Waals surface area (Å²) < 4.78 is 7.04. The van der Waals surface area contributed by atoms with Crippen molar-refractivity contribution in [3.63, 3.8) is 0 Å². The molecule has 2 aliphatic rings. The van der Waals surface area contributed by atoms with Crippen LogP contribution in [-0.4, -0.2) is 24.4 Å². The highest BCUT2D eigenvalue weighted by molar-refractivity contribution is 6.65. The van der Waals surface area contributed by atoms with E-state index in [0.717, 1.165) is 13.0 Å². The molecule has 1 atom stereocenters. The number of aryl methyl sites for hydroxylation is 1. The first-order valence-electron chi connectivity index (χ1n) is 9.90. The maximum Gasteiger partial charge on any atom is 0.419 e. The third kappa shape index (κ3) is 2.65. The van der Waals surface area contributed by atoms with Gasteiger partial charge in [-0.3, -0.25) is 0 Å². The molecule has 3 heteroatoms. The summed E-state index contributed by atoms with van der Waals surface area (Å²) >= 11 is 0. The van der Waals surface area contributed by atoms with Gasteiger partial charge in [0, 0.05) is 6.04 Å². The fraction of sp³-hybridized carbons (Fsp3) is 0.250. The molecule has 0 unspecified atom stereocenters. The number of hydrogen-bond donors (Lipinski definition) is 0. The summed E-state index contributed by atoms with van der Waals surface area (Å²) in [6.45, 7) is 3.22. The molecule has 0 radical (unpaired) electrons. The predicted octanol–water partition coefficient (Wildman–Crippen LogP) is 4.13. The Labute approximate surface area is 161 Å². The zero-order valence-corrected chi connectivity index (χ0v) is 15.7. The maximum atomic E-state index is 7.04. The molecule has 5 rings (SSSR count). The van der Waals surface area contributed by atoms with Gasteiger partial charge in [0.1, 0.15) is 5.60 Å². The summed E-state index contributed by atoms with van der Waals surface area (Å²) in [5, 5.41) is 0. The van der Waals surface area contributed by atoms with Crippen LogP contribution in [0.1, 0.15) is 29.5 Å². The Bertz CT molecular complexity index is 871. The molecule has 2 heterocycles. The molecule has 0 bridgehead atoms. The monoisotopic (exact) mass is 353 g/mol. The standard InChI is InChI=1S/C24H24BNO/c1-19-14-16-22(17-15-19)25-26-18-8-13-23(26)24(27-25,20-9-4-2-5-10-20)21-11-6-3-7-12-21/h2-7,9-12,14-17,23H,8,13,18H2,1H3/t23-/m0/s1. The van der Waals surface area contributed by atoms with Crippen molar-refractivity contribution in [3.8, 4) is 0 Å². The zero-order valence-electron chi connectivity index (χ0n) is 15.7. The van der Waals surface area contributed by atoms with Crippen LogP contribution in [0.2, 0.25) is 0 Å². The zero-order chi connectivity index (χ0) is 18.3. The Morgan fingerprint density at radius 1 is 0.852 bits per heavy atom. The minimum Gasteiger partial charge on any atom is -0.402 e. The van der Waals surface area contributed by atoms with Crippen LogP contribution in [0, 0.1) is 6.92 Å². The lowest BCUT2D eigenvalue weighted by molar-refractivity contribution is 0.106. The van der Waals surface area contributed by atoms with Crippen LogP contribution in [0.3, 0.4) is 0 Å². The molecule has 3 aromatic rings. The van der Waals surface area contributed by atoms with Crippen molar-refractivity contribution in [3.05, 3.63) is 102 Å². The Balaban J connectivity index is 1.68. The third-order valence-corrected chi connectivity index (χ3v) is 6.13. The van der Waals surface area contributed by atoms with Gasteiger partial charge in [0.2, 0.25) is 0 Å². The van der Waals surface area contributed by atoms with E-state index in [1.807, 2.05) is 0 Å². The van der Waals surface area contributed by atoms with E-state index in [4.69, 9.17) is 4.65 Å². The van der Waals surface area contributed by atoms with Gasteiger partial charge in [-0.25, -0.2) is 0 Å². The topological polar surface area (TPSA) is 12.5 Å². The number of fused-ring (bicyclic) bond motifs is 1. The number of benzene rings is 3. The Morgan fingerprint density at radius 2 is 1.44 bits per heavy atom. The predicted molar refractivity (Wildman–Crippen MR) is 111 cm³/mol. The van der Waals surface area contributed by atoms with Crippen LogP contribution in [0.25, 0.3) is 0 Å². The van der Waals surface area contributed by atoms with Crippen LogP contribution in [-0.2, 0) is 10.3 Å². The molecule has 2 fully saturated rings. The number of hydrogen-bond acceptors (Lipinski definition) is 2. The Morgan fingerprint density at radius 3 is 2.04 bits per heavy atom. The van der Waals surface area contributed by atoms with E-state index in [0.29, 0.717) is 6.04 Å². The van der Waals surface area contributed by atoms with Gasteiger partial charge in [0.05, 0.1) is 0 Å². The van der Waals surface area contributed by atoms with Gasteiger partial charge in [-0.05, 0) is 42.9 Å². The highest BCUT2D eigenvalue weighted by atomic mass is 16.5. The van der Waals surface area contributed by atoms with Crippen LogP contribution in [0.5, 0.6) is 0 Å². The minimum atomic E-state index is -0.422. The Hall–Kier alpha value is -2.36. The van der Waals surface area contributed by atoms with E-state index in [9.17, 15) is 0 Å². The van der Waals surface area contributed by atoms with E-state index in [2.05, 4.69) is 96.7 Å². The van der Waals surface area contributed by atoms with Crippen LogP contribution in [0.15, 0.2) is 84.9 Å². The normalized spacial score (nSPS) is 21.4. The number of nitrogens with zero attached hydrogens (tertiary/aromatic N) is 1. The third-order valence-electron chi connectivity index (χ3n) is 6.13. The van der Waals surface area contributed by atoms with Crippen molar-refractivity contribution in [2.45, 2.75) is 31.4 Å². The molecule has 3 aromatic carbocycles. The van der Waals surface area contributed by atoms with Gasteiger partial charge in [-0.2, -0.15) is 0 Å².